The molecule has 0 saturated heterocycles. The fraction of sp³-hybridized carbons (Fsp3) is 0.136. The minimum Gasteiger partial charge on any atom is -0.322 e. The number of carbonyl (C=O) groups is 1. The highest BCUT2D eigenvalue weighted by Crippen LogP contribution is 2.25. The lowest BCUT2D eigenvalue weighted by molar-refractivity contribution is -0.116. The molecule has 0 heterocycles. The van der Waals surface area contributed by atoms with Crippen LogP contribution in [0.2, 0.25) is 10.0 Å². The summed E-state index contributed by atoms with van der Waals surface area (Å²) in [6.07, 6.45) is 0. The van der Waals surface area contributed by atoms with Gasteiger partial charge in [0.05, 0.1) is 27.2 Å². The maximum Gasteiger partial charge on any atom is 0.243 e. The van der Waals surface area contributed by atoms with Crippen molar-refractivity contribution in [1.82, 2.24) is 4.31 Å². The van der Waals surface area contributed by atoms with Gasteiger partial charge in [0, 0.05) is 12.6 Å². The highest BCUT2D eigenvalue weighted by atomic mass is 35.5. The van der Waals surface area contributed by atoms with Crippen molar-refractivity contribution in [1.29, 1.82) is 0 Å². The van der Waals surface area contributed by atoms with E-state index in [4.69, 9.17) is 23.2 Å². The maximum atomic E-state index is 13.9. The molecule has 0 saturated carbocycles. The molecule has 0 unspecified atom stereocenters. The molecule has 0 spiro atoms. The zero-order valence-electron chi connectivity index (χ0n) is 16.8. The Labute approximate surface area is 194 Å². The summed E-state index contributed by atoms with van der Waals surface area (Å²) in [6, 6.07) is 13.4. The first-order chi connectivity index (χ1) is 15.1. The van der Waals surface area contributed by atoms with Crippen molar-refractivity contribution in [3.8, 4) is 0 Å². The number of nitrogens with one attached hydrogen (secondary N) is 1. The van der Waals surface area contributed by atoms with Gasteiger partial charge < -0.3 is 5.32 Å². The third kappa shape index (κ3) is 5.83. The number of hydrogen-bond donors (Lipinski definition) is 1. The van der Waals surface area contributed by atoms with Crippen LogP contribution in [0.5, 0.6) is 0 Å². The minimum absolute atomic E-state index is 0.0103. The van der Waals surface area contributed by atoms with Crippen LogP contribution in [0, 0.1) is 18.6 Å². The van der Waals surface area contributed by atoms with Gasteiger partial charge in [-0.05, 0) is 48.9 Å². The van der Waals surface area contributed by atoms with E-state index in [0.29, 0.717) is 16.7 Å². The van der Waals surface area contributed by atoms with E-state index in [2.05, 4.69) is 5.32 Å². The Kier molecular flexibility index (Phi) is 7.51. The molecule has 0 aromatic heterocycles. The highest BCUT2D eigenvalue weighted by molar-refractivity contribution is 7.89. The van der Waals surface area contributed by atoms with E-state index in [1.165, 1.54) is 24.3 Å². The fourth-order valence-corrected chi connectivity index (χ4v) is 4.57. The predicted molar refractivity (Wildman–Crippen MR) is 120 cm³/mol. The smallest absolute Gasteiger partial charge is 0.243 e. The zero-order chi connectivity index (χ0) is 23.5. The average Bonchev–Trinajstić information content (AvgIpc) is 2.72. The molecular formula is C22H18Cl2F2N2O3S. The summed E-state index contributed by atoms with van der Waals surface area (Å²) >= 11 is 12.0. The normalized spacial score (nSPS) is 11.6. The Morgan fingerprint density at radius 3 is 2.28 bits per heavy atom. The van der Waals surface area contributed by atoms with Crippen LogP contribution < -0.4 is 5.32 Å². The molecule has 0 aliphatic rings. The van der Waals surface area contributed by atoms with Gasteiger partial charge in [-0.25, -0.2) is 17.2 Å². The largest absolute Gasteiger partial charge is 0.322 e. The van der Waals surface area contributed by atoms with Gasteiger partial charge in [0.25, 0.3) is 0 Å². The van der Waals surface area contributed by atoms with Crippen LogP contribution in [0.25, 0.3) is 0 Å². The van der Waals surface area contributed by atoms with Gasteiger partial charge in [-0.2, -0.15) is 4.31 Å². The summed E-state index contributed by atoms with van der Waals surface area (Å²) in [4.78, 5) is 12.6. The van der Waals surface area contributed by atoms with Crippen LogP contribution in [0.1, 0.15) is 11.1 Å². The SMILES string of the molecule is Cc1ccc(S(=O)(=O)N(CC(=O)Nc2ccc(F)cc2F)Cc2ccc(Cl)c(Cl)c2)cc1. The van der Waals surface area contributed by atoms with Crippen LogP contribution in [-0.2, 0) is 21.4 Å². The summed E-state index contributed by atoms with van der Waals surface area (Å²) in [5.74, 6) is -2.58. The van der Waals surface area contributed by atoms with Gasteiger partial charge in [-0.1, -0.05) is 47.0 Å². The summed E-state index contributed by atoms with van der Waals surface area (Å²) in [6.45, 7) is 1.01. The Hall–Kier alpha value is -2.52. The minimum atomic E-state index is -4.10. The Balaban J connectivity index is 1.90. The highest BCUT2D eigenvalue weighted by Gasteiger charge is 2.27. The van der Waals surface area contributed by atoms with Crippen LogP contribution in [0.3, 0.4) is 0 Å². The number of benzene rings is 3. The van der Waals surface area contributed by atoms with Crippen molar-refractivity contribution >= 4 is 44.8 Å². The number of carbonyl (C=O) groups excluding carboxylic acids is 1. The van der Waals surface area contributed by atoms with E-state index in [1.54, 1.807) is 18.2 Å². The number of hydrogen-bond acceptors (Lipinski definition) is 3. The van der Waals surface area contributed by atoms with E-state index in [1.807, 2.05) is 6.92 Å². The maximum absolute atomic E-state index is 13.9. The van der Waals surface area contributed by atoms with E-state index in [0.717, 1.165) is 22.0 Å². The number of aryl methyl sites for hydroxylation is 1. The lowest BCUT2D eigenvalue weighted by Crippen LogP contribution is -2.37. The molecule has 3 rings (SSSR count). The number of anilines is 1. The quantitative estimate of drug-likeness (QED) is 0.473. The topological polar surface area (TPSA) is 66.5 Å². The van der Waals surface area contributed by atoms with Gasteiger partial charge >= 0.3 is 0 Å². The van der Waals surface area contributed by atoms with Gasteiger partial charge in [0.15, 0.2) is 0 Å². The molecule has 168 valence electrons. The van der Waals surface area contributed by atoms with Crippen LogP contribution in [0.15, 0.2) is 65.6 Å². The molecule has 0 atom stereocenters. The van der Waals surface area contributed by atoms with Gasteiger partial charge in [0.2, 0.25) is 15.9 Å². The molecule has 0 radical (unpaired) electrons. The van der Waals surface area contributed by atoms with E-state index in [-0.39, 0.29) is 22.2 Å². The van der Waals surface area contributed by atoms with Crippen molar-refractivity contribution in [2.24, 2.45) is 0 Å². The van der Waals surface area contributed by atoms with Crippen LogP contribution in [-0.4, -0.2) is 25.2 Å². The Morgan fingerprint density at radius 1 is 0.969 bits per heavy atom. The molecule has 5 nitrogen and oxygen atoms in total. The van der Waals surface area contributed by atoms with Crippen molar-refractivity contribution in [2.75, 3.05) is 11.9 Å². The fourth-order valence-electron chi connectivity index (χ4n) is 2.87. The molecule has 3 aromatic rings. The lowest BCUT2D eigenvalue weighted by atomic mass is 10.2. The molecule has 0 aliphatic heterocycles. The summed E-state index contributed by atoms with van der Waals surface area (Å²) in [7, 11) is -4.10. The average molecular weight is 499 g/mol. The molecule has 3 aromatic carbocycles. The molecule has 0 fully saturated rings. The second-order valence-corrected chi connectivity index (χ2v) is 9.76. The first kappa shape index (κ1) is 24.1. The third-order valence-corrected chi connectivity index (χ3v) is 7.07. The second kappa shape index (κ2) is 9.95. The van der Waals surface area contributed by atoms with Crippen molar-refractivity contribution in [3.63, 3.8) is 0 Å². The molecule has 1 amide bonds. The first-order valence-corrected chi connectivity index (χ1v) is 11.5. The van der Waals surface area contributed by atoms with Crippen molar-refractivity contribution in [2.45, 2.75) is 18.4 Å². The molecular weight excluding hydrogens is 481 g/mol. The van der Waals surface area contributed by atoms with Crippen LogP contribution in [0.4, 0.5) is 14.5 Å². The molecule has 0 aliphatic carbocycles. The first-order valence-electron chi connectivity index (χ1n) is 9.32. The Morgan fingerprint density at radius 2 is 1.66 bits per heavy atom. The number of halogens is 4. The van der Waals surface area contributed by atoms with Crippen LogP contribution >= 0.6 is 23.2 Å². The molecule has 10 heteroatoms. The van der Waals surface area contributed by atoms with E-state index in [9.17, 15) is 22.0 Å². The van der Waals surface area contributed by atoms with Gasteiger partial charge in [-0.15, -0.1) is 0 Å². The van der Waals surface area contributed by atoms with Gasteiger partial charge in [0.1, 0.15) is 11.6 Å². The number of sulfonamides is 1. The van der Waals surface area contributed by atoms with Crippen molar-refractivity contribution < 1.29 is 22.0 Å². The van der Waals surface area contributed by atoms with Gasteiger partial charge in [-0.3, -0.25) is 4.79 Å². The molecule has 1 N–H and O–H groups in total. The third-order valence-electron chi connectivity index (χ3n) is 4.53. The number of amides is 1. The molecule has 32 heavy (non-hydrogen) atoms. The summed E-state index contributed by atoms with van der Waals surface area (Å²) in [5.41, 5.74) is 1.10. The van der Waals surface area contributed by atoms with E-state index >= 15 is 0 Å². The summed E-state index contributed by atoms with van der Waals surface area (Å²) in [5, 5.41) is 2.80. The Bertz CT molecular complexity index is 1250. The number of nitrogens with zero attached hydrogens (tertiary/aromatic N) is 1. The standard InChI is InChI=1S/C22H18Cl2F2N2O3S/c1-14-2-6-17(7-3-14)32(30,31)28(12-15-4-8-18(23)19(24)10-15)13-22(29)27-21-9-5-16(25)11-20(21)26/h2-11H,12-13H2,1H3,(H,27,29). The van der Waals surface area contributed by atoms with E-state index < -0.39 is 34.1 Å². The predicted octanol–water partition coefficient (Wildman–Crippen LogP) is 5.41. The lowest BCUT2D eigenvalue weighted by Gasteiger charge is -2.22. The molecule has 0 bridgehead atoms. The number of rotatable bonds is 7. The van der Waals surface area contributed by atoms with Crippen molar-refractivity contribution in [3.05, 3.63) is 93.5 Å². The summed E-state index contributed by atoms with van der Waals surface area (Å²) < 4.78 is 54.5. The second-order valence-electron chi connectivity index (χ2n) is 7.01. The zero-order valence-corrected chi connectivity index (χ0v) is 19.1. The monoisotopic (exact) mass is 498 g/mol.